The molecule has 0 unspecified atom stereocenters. The molecule has 28 heavy (non-hydrogen) atoms. The summed E-state index contributed by atoms with van der Waals surface area (Å²) in [6.45, 7) is 8.06. The highest BCUT2D eigenvalue weighted by Crippen LogP contribution is 2.19. The summed E-state index contributed by atoms with van der Waals surface area (Å²) in [6, 6.07) is 14.5. The lowest BCUT2D eigenvalue weighted by atomic mass is 10.1. The minimum atomic E-state index is 0.0208. The van der Waals surface area contributed by atoms with Crippen molar-refractivity contribution < 1.29 is 9.53 Å². The van der Waals surface area contributed by atoms with Gasteiger partial charge < -0.3 is 15.0 Å². The molecule has 1 N–H and O–H groups in total. The number of likely N-dealkylation sites (N-methyl/N-ethyl adjacent to an activating group) is 1. The van der Waals surface area contributed by atoms with E-state index in [1.54, 1.807) is 7.11 Å². The normalized spacial score (nSPS) is 15.4. The third-order valence-electron chi connectivity index (χ3n) is 5.35. The van der Waals surface area contributed by atoms with Gasteiger partial charge in [-0.1, -0.05) is 36.4 Å². The summed E-state index contributed by atoms with van der Waals surface area (Å²) < 4.78 is 5.33. The van der Waals surface area contributed by atoms with Gasteiger partial charge in [0.25, 0.3) is 0 Å². The van der Waals surface area contributed by atoms with Crippen molar-refractivity contribution in [2.45, 2.75) is 26.4 Å². The summed E-state index contributed by atoms with van der Waals surface area (Å²) in [4.78, 5) is 17.1. The lowest BCUT2D eigenvalue weighted by molar-refractivity contribution is -0.120. The second-order valence-electron chi connectivity index (χ2n) is 7.65. The van der Waals surface area contributed by atoms with Crippen LogP contribution in [-0.4, -0.2) is 56.0 Å². The van der Waals surface area contributed by atoms with Gasteiger partial charge in [-0.25, -0.2) is 0 Å². The van der Waals surface area contributed by atoms with Crippen LogP contribution in [0.15, 0.2) is 42.5 Å². The molecule has 0 aliphatic carbocycles. The van der Waals surface area contributed by atoms with E-state index in [1.807, 2.05) is 25.1 Å². The van der Waals surface area contributed by atoms with Gasteiger partial charge in [-0.15, -0.1) is 0 Å². The van der Waals surface area contributed by atoms with Gasteiger partial charge in [0, 0.05) is 39.3 Å². The number of carbonyl (C=O) groups is 1. The molecule has 1 heterocycles. The molecule has 0 spiro atoms. The zero-order valence-corrected chi connectivity index (χ0v) is 17.2. The Hall–Kier alpha value is -2.37. The zero-order valence-electron chi connectivity index (χ0n) is 17.2. The molecule has 1 aliphatic rings. The third kappa shape index (κ3) is 5.81. The molecule has 2 aromatic rings. The molecular formula is C23H31N3O2. The SMILES string of the molecule is COc1cc(CC(=O)NCc2ccc(CN3CCN(C)CC3)cc2)ccc1C. The molecule has 1 saturated heterocycles. The van der Waals surface area contributed by atoms with Gasteiger partial charge in [-0.2, -0.15) is 0 Å². The molecule has 0 atom stereocenters. The van der Waals surface area contributed by atoms with E-state index in [4.69, 9.17) is 4.74 Å². The minimum absolute atomic E-state index is 0.0208. The van der Waals surface area contributed by atoms with Crippen molar-refractivity contribution in [2.24, 2.45) is 0 Å². The fraction of sp³-hybridized carbons (Fsp3) is 0.435. The number of nitrogens with zero attached hydrogens (tertiary/aromatic N) is 2. The summed E-state index contributed by atoms with van der Waals surface area (Å²) in [5.74, 6) is 0.841. The Morgan fingerprint density at radius 1 is 1.00 bits per heavy atom. The first kappa shape index (κ1) is 20.4. The van der Waals surface area contributed by atoms with Crippen LogP contribution in [0.1, 0.15) is 22.3 Å². The Morgan fingerprint density at radius 2 is 1.64 bits per heavy atom. The number of benzene rings is 2. The monoisotopic (exact) mass is 381 g/mol. The van der Waals surface area contributed by atoms with E-state index in [9.17, 15) is 4.79 Å². The van der Waals surface area contributed by atoms with E-state index < -0.39 is 0 Å². The topological polar surface area (TPSA) is 44.8 Å². The molecule has 2 aromatic carbocycles. The van der Waals surface area contributed by atoms with E-state index in [0.717, 1.165) is 55.2 Å². The van der Waals surface area contributed by atoms with Crippen molar-refractivity contribution in [2.75, 3.05) is 40.3 Å². The smallest absolute Gasteiger partial charge is 0.224 e. The number of ether oxygens (including phenoxy) is 1. The lowest BCUT2D eigenvalue weighted by Crippen LogP contribution is -2.43. The van der Waals surface area contributed by atoms with Gasteiger partial charge in [-0.05, 0) is 42.3 Å². The van der Waals surface area contributed by atoms with Crippen LogP contribution < -0.4 is 10.1 Å². The molecule has 0 bridgehead atoms. The van der Waals surface area contributed by atoms with Crippen LogP contribution >= 0.6 is 0 Å². The number of methoxy groups -OCH3 is 1. The quantitative estimate of drug-likeness (QED) is 0.801. The number of amides is 1. The Balaban J connectivity index is 1.46. The van der Waals surface area contributed by atoms with Crippen molar-refractivity contribution in [3.8, 4) is 5.75 Å². The van der Waals surface area contributed by atoms with Crippen LogP contribution in [-0.2, 0) is 24.3 Å². The maximum Gasteiger partial charge on any atom is 0.224 e. The van der Waals surface area contributed by atoms with Crippen molar-refractivity contribution >= 4 is 5.91 Å². The number of aryl methyl sites for hydroxylation is 1. The third-order valence-corrected chi connectivity index (χ3v) is 5.35. The van der Waals surface area contributed by atoms with Gasteiger partial charge in [0.05, 0.1) is 13.5 Å². The molecule has 3 rings (SSSR count). The average molecular weight is 382 g/mol. The summed E-state index contributed by atoms with van der Waals surface area (Å²) in [5.41, 5.74) is 4.48. The maximum absolute atomic E-state index is 12.3. The first-order valence-electron chi connectivity index (χ1n) is 9.92. The zero-order chi connectivity index (χ0) is 19.9. The van der Waals surface area contributed by atoms with Gasteiger partial charge in [0.2, 0.25) is 5.91 Å². The van der Waals surface area contributed by atoms with Gasteiger partial charge >= 0.3 is 0 Å². The molecule has 5 heteroatoms. The number of carbonyl (C=O) groups excluding carboxylic acids is 1. The number of rotatable bonds is 7. The summed E-state index contributed by atoms with van der Waals surface area (Å²) in [5, 5.41) is 3.01. The summed E-state index contributed by atoms with van der Waals surface area (Å²) >= 11 is 0. The van der Waals surface area contributed by atoms with Crippen LogP contribution in [0, 0.1) is 6.92 Å². The van der Waals surface area contributed by atoms with E-state index in [-0.39, 0.29) is 5.91 Å². The average Bonchev–Trinajstić information content (AvgIpc) is 2.70. The Labute approximate surface area is 168 Å². The van der Waals surface area contributed by atoms with Crippen molar-refractivity contribution in [3.63, 3.8) is 0 Å². The van der Waals surface area contributed by atoms with Crippen LogP contribution in [0.3, 0.4) is 0 Å². The molecule has 0 aromatic heterocycles. The van der Waals surface area contributed by atoms with Gasteiger partial charge in [0.15, 0.2) is 0 Å². The molecule has 1 amide bonds. The molecule has 1 aliphatic heterocycles. The Bertz CT molecular complexity index is 781. The molecule has 1 fully saturated rings. The molecule has 150 valence electrons. The second kappa shape index (κ2) is 9.71. The Morgan fingerprint density at radius 3 is 2.32 bits per heavy atom. The minimum Gasteiger partial charge on any atom is -0.496 e. The van der Waals surface area contributed by atoms with Gasteiger partial charge in [0.1, 0.15) is 5.75 Å². The highest BCUT2D eigenvalue weighted by atomic mass is 16.5. The molecule has 0 radical (unpaired) electrons. The fourth-order valence-corrected chi connectivity index (χ4v) is 3.45. The van der Waals surface area contributed by atoms with E-state index in [2.05, 4.69) is 46.4 Å². The first-order valence-corrected chi connectivity index (χ1v) is 9.92. The summed E-state index contributed by atoms with van der Waals surface area (Å²) in [6.07, 6.45) is 0.359. The number of hydrogen-bond donors (Lipinski definition) is 1. The van der Waals surface area contributed by atoms with Crippen molar-refractivity contribution in [3.05, 3.63) is 64.7 Å². The Kier molecular flexibility index (Phi) is 7.06. The first-order chi connectivity index (χ1) is 13.5. The maximum atomic E-state index is 12.3. The molecular weight excluding hydrogens is 350 g/mol. The summed E-state index contributed by atoms with van der Waals surface area (Å²) in [7, 11) is 3.83. The van der Waals surface area contributed by atoms with Crippen LogP contribution in [0.4, 0.5) is 0 Å². The highest BCUT2D eigenvalue weighted by molar-refractivity contribution is 5.78. The number of piperazine rings is 1. The predicted octanol–water partition coefficient (Wildman–Crippen LogP) is 2.61. The highest BCUT2D eigenvalue weighted by Gasteiger charge is 2.13. The number of nitrogens with one attached hydrogen (secondary N) is 1. The largest absolute Gasteiger partial charge is 0.496 e. The van der Waals surface area contributed by atoms with Crippen LogP contribution in [0.25, 0.3) is 0 Å². The van der Waals surface area contributed by atoms with E-state index in [1.165, 1.54) is 5.56 Å². The number of hydrogen-bond acceptors (Lipinski definition) is 4. The van der Waals surface area contributed by atoms with E-state index >= 15 is 0 Å². The van der Waals surface area contributed by atoms with Crippen molar-refractivity contribution in [1.82, 2.24) is 15.1 Å². The predicted molar refractivity (Wildman–Crippen MR) is 112 cm³/mol. The van der Waals surface area contributed by atoms with Crippen LogP contribution in [0.5, 0.6) is 5.75 Å². The standard InChI is InChI=1S/C23H31N3O2/c1-18-4-5-21(14-22(18)28-3)15-23(27)24-16-19-6-8-20(9-7-19)17-26-12-10-25(2)11-13-26/h4-9,14H,10-13,15-17H2,1-3H3,(H,24,27). The molecule has 0 saturated carbocycles. The fourth-order valence-electron chi connectivity index (χ4n) is 3.45. The second-order valence-corrected chi connectivity index (χ2v) is 7.65. The van der Waals surface area contributed by atoms with Crippen LogP contribution in [0.2, 0.25) is 0 Å². The van der Waals surface area contributed by atoms with Crippen molar-refractivity contribution in [1.29, 1.82) is 0 Å². The molecule has 5 nitrogen and oxygen atoms in total. The van der Waals surface area contributed by atoms with E-state index in [0.29, 0.717) is 13.0 Å². The lowest BCUT2D eigenvalue weighted by Gasteiger charge is -2.32. The van der Waals surface area contributed by atoms with Gasteiger partial charge in [-0.3, -0.25) is 9.69 Å².